The van der Waals surface area contributed by atoms with Gasteiger partial charge in [0.15, 0.2) is 0 Å². The van der Waals surface area contributed by atoms with Gasteiger partial charge in [-0.15, -0.1) is 0 Å². The van der Waals surface area contributed by atoms with Crippen LogP contribution in [0.1, 0.15) is 28.9 Å². The number of benzene rings is 1. The smallest absolute Gasteiger partial charge is 0.252 e. The molecule has 0 unspecified atom stereocenters. The second kappa shape index (κ2) is 6.16. The number of amides is 1. The Morgan fingerprint density at radius 2 is 2.09 bits per heavy atom. The quantitative estimate of drug-likeness (QED) is 0.804. The molecule has 6 heteroatoms. The van der Waals surface area contributed by atoms with E-state index < -0.39 is 0 Å². The fraction of sp³-hybridized carbons (Fsp3) is 0.294. The molecule has 0 aliphatic heterocycles. The third-order valence-corrected chi connectivity index (χ3v) is 3.89. The molecule has 0 radical (unpaired) electrons. The van der Waals surface area contributed by atoms with Gasteiger partial charge in [0.05, 0.1) is 0 Å². The van der Waals surface area contributed by atoms with Crippen LogP contribution in [-0.4, -0.2) is 25.5 Å². The molecule has 0 fully saturated rings. The first-order valence-corrected chi connectivity index (χ1v) is 7.57. The van der Waals surface area contributed by atoms with Crippen molar-refractivity contribution >= 4 is 17.4 Å². The standard InChI is InChI=1S/C17H19N5O/c1-11-5-4-6-14(9-11)21-16(23)8-7-15-12(2)20-17-18-10-19-22(17)13(15)3/h4-6,9-10H,7-8H2,1-3H3,(H,21,23). The number of nitrogens with one attached hydrogen (secondary N) is 1. The van der Waals surface area contributed by atoms with Crippen molar-refractivity contribution in [1.29, 1.82) is 0 Å². The molecule has 0 spiro atoms. The molecule has 23 heavy (non-hydrogen) atoms. The van der Waals surface area contributed by atoms with Crippen molar-refractivity contribution in [3.63, 3.8) is 0 Å². The van der Waals surface area contributed by atoms with Gasteiger partial charge < -0.3 is 5.32 Å². The maximum Gasteiger partial charge on any atom is 0.252 e. The van der Waals surface area contributed by atoms with Crippen LogP contribution in [0.5, 0.6) is 0 Å². The van der Waals surface area contributed by atoms with E-state index in [-0.39, 0.29) is 5.91 Å². The summed E-state index contributed by atoms with van der Waals surface area (Å²) < 4.78 is 1.71. The van der Waals surface area contributed by atoms with E-state index in [1.807, 2.05) is 45.0 Å². The summed E-state index contributed by atoms with van der Waals surface area (Å²) in [6.07, 6.45) is 2.51. The van der Waals surface area contributed by atoms with Crippen LogP contribution in [-0.2, 0) is 11.2 Å². The van der Waals surface area contributed by atoms with E-state index in [0.717, 1.165) is 28.2 Å². The Kier molecular flexibility index (Phi) is 4.06. The van der Waals surface area contributed by atoms with Gasteiger partial charge in [-0.1, -0.05) is 12.1 Å². The number of fused-ring (bicyclic) bond motifs is 1. The lowest BCUT2D eigenvalue weighted by atomic mass is 10.1. The fourth-order valence-electron chi connectivity index (χ4n) is 2.70. The molecule has 3 rings (SSSR count). The highest BCUT2D eigenvalue weighted by atomic mass is 16.1. The Morgan fingerprint density at radius 1 is 1.26 bits per heavy atom. The minimum atomic E-state index is -0.00640. The van der Waals surface area contributed by atoms with Gasteiger partial charge in [-0.05, 0) is 50.5 Å². The van der Waals surface area contributed by atoms with E-state index in [9.17, 15) is 4.79 Å². The third kappa shape index (κ3) is 3.21. The highest BCUT2D eigenvalue weighted by Gasteiger charge is 2.12. The molecular weight excluding hydrogens is 290 g/mol. The lowest BCUT2D eigenvalue weighted by Crippen LogP contribution is -2.14. The SMILES string of the molecule is Cc1cccc(NC(=O)CCc2c(C)nc3ncnn3c2C)c1. The summed E-state index contributed by atoms with van der Waals surface area (Å²) in [4.78, 5) is 20.7. The number of anilines is 1. The van der Waals surface area contributed by atoms with Crippen LogP contribution in [0.4, 0.5) is 5.69 Å². The molecule has 1 aromatic carbocycles. The number of carbonyl (C=O) groups excluding carboxylic acids is 1. The number of rotatable bonds is 4. The van der Waals surface area contributed by atoms with Gasteiger partial charge in [0.1, 0.15) is 6.33 Å². The molecule has 0 saturated carbocycles. The van der Waals surface area contributed by atoms with E-state index in [2.05, 4.69) is 20.4 Å². The molecule has 0 saturated heterocycles. The number of aryl methyl sites for hydroxylation is 3. The van der Waals surface area contributed by atoms with Gasteiger partial charge in [-0.25, -0.2) is 9.50 Å². The van der Waals surface area contributed by atoms with Crippen LogP contribution in [0.25, 0.3) is 5.78 Å². The summed E-state index contributed by atoms with van der Waals surface area (Å²) in [5.74, 6) is 0.584. The molecular formula is C17H19N5O. The van der Waals surface area contributed by atoms with Gasteiger partial charge >= 0.3 is 0 Å². The van der Waals surface area contributed by atoms with Crippen molar-refractivity contribution in [3.05, 3.63) is 53.1 Å². The zero-order valence-electron chi connectivity index (χ0n) is 13.5. The summed E-state index contributed by atoms with van der Waals surface area (Å²) in [5.41, 5.74) is 4.87. The molecule has 2 aromatic heterocycles. The van der Waals surface area contributed by atoms with E-state index in [1.54, 1.807) is 4.52 Å². The van der Waals surface area contributed by atoms with Gasteiger partial charge in [-0.2, -0.15) is 10.1 Å². The second-order valence-corrected chi connectivity index (χ2v) is 5.65. The second-order valence-electron chi connectivity index (χ2n) is 5.65. The monoisotopic (exact) mass is 309 g/mol. The van der Waals surface area contributed by atoms with Crippen molar-refractivity contribution in [1.82, 2.24) is 19.6 Å². The Hall–Kier alpha value is -2.76. The van der Waals surface area contributed by atoms with Crippen LogP contribution in [0.2, 0.25) is 0 Å². The van der Waals surface area contributed by atoms with Gasteiger partial charge in [0.2, 0.25) is 5.91 Å². The highest BCUT2D eigenvalue weighted by molar-refractivity contribution is 5.90. The van der Waals surface area contributed by atoms with E-state index in [4.69, 9.17) is 0 Å². The highest BCUT2D eigenvalue weighted by Crippen LogP contribution is 2.16. The summed E-state index contributed by atoms with van der Waals surface area (Å²) in [7, 11) is 0. The van der Waals surface area contributed by atoms with Crippen molar-refractivity contribution < 1.29 is 4.79 Å². The zero-order chi connectivity index (χ0) is 16.4. The summed E-state index contributed by atoms with van der Waals surface area (Å²) >= 11 is 0. The number of hydrogen-bond donors (Lipinski definition) is 1. The molecule has 2 heterocycles. The van der Waals surface area contributed by atoms with Crippen LogP contribution >= 0.6 is 0 Å². The van der Waals surface area contributed by atoms with Crippen LogP contribution in [0, 0.1) is 20.8 Å². The number of aromatic nitrogens is 4. The van der Waals surface area contributed by atoms with Gasteiger partial charge in [0, 0.05) is 23.5 Å². The normalized spacial score (nSPS) is 10.9. The Bertz CT molecular complexity index is 869. The van der Waals surface area contributed by atoms with Gasteiger partial charge in [0.25, 0.3) is 5.78 Å². The molecule has 3 aromatic rings. The topological polar surface area (TPSA) is 72.2 Å². The Labute approximate surface area is 134 Å². The van der Waals surface area contributed by atoms with E-state index in [0.29, 0.717) is 18.6 Å². The maximum absolute atomic E-state index is 12.2. The van der Waals surface area contributed by atoms with Gasteiger partial charge in [-0.3, -0.25) is 4.79 Å². The lowest BCUT2D eigenvalue weighted by molar-refractivity contribution is -0.116. The average Bonchev–Trinajstić information content (AvgIpc) is 2.95. The summed E-state index contributed by atoms with van der Waals surface area (Å²) in [5, 5.41) is 7.10. The van der Waals surface area contributed by atoms with Crippen molar-refractivity contribution in [2.45, 2.75) is 33.6 Å². The number of carbonyl (C=O) groups is 1. The Morgan fingerprint density at radius 3 is 2.87 bits per heavy atom. The van der Waals surface area contributed by atoms with E-state index in [1.165, 1.54) is 6.33 Å². The molecule has 118 valence electrons. The predicted octanol–water partition coefficient (Wildman–Crippen LogP) is 2.62. The van der Waals surface area contributed by atoms with Crippen LogP contribution in [0.15, 0.2) is 30.6 Å². The summed E-state index contributed by atoms with van der Waals surface area (Å²) in [6.45, 7) is 5.92. The summed E-state index contributed by atoms with van der Waals surface area (Å²) in [6, 6.07) is 7.78. The molecule has 1 amide bonds. The average molecular weight is 309 g/mol. The number of nitrogens with zero attached hydrogens (tertiary/aromatic N) is 4. The Balaban J connectivity index is 1.72. The molecule has 6 nitrogen and oxygen atoms in total. The molecule has 0 atom stereocenters. The lowest BCUT2D eigenvalue weighted by Gasteiger charge is -2.10. The third-order valence-electron chi connectivity index (χ3n) is 3.89. The van der Waals surface area contributed by atoms with Crippen molar-refractivity contribution in [2.75, 3.05) is 5.32 Å². The first-order chi connectivity index (χ1) is 11.0. The first-order valence-electron chi connectivity index (χ1n) is 7.57. The van der Waals surface area contributed by atoms with Crippen LogP contribution < -0.4 is 5.32 Å². The molecule has 0 aliphatic carbocycles. The zero-order valence-corrected chi connectivity index (χ0v) is 13.5. The minimum absolute atomic E-state index is 0.00640. The predicted molar refractivity (Wildman–Crippen MR) is 88.4 cm³/mol. The van der Waals surface area contributed by atoms with E-state index >= 15 is 0 Å². The fourth-order valence-corrected chi connectivity index (χ4v) is 2.70. The number of hydrogen-bond acceptors (Lipinski definition) is 4. The maximum atomic E-state index is 12.2. The largest absolute Gasteiger partial charge is 0.326 e. The molecule has 1 N–H and O–H groups in total. The first kappa shape index (κ1) is 15.1. The molecule has 0 aliphatic rings. The van der Waals surface area contributed by atoms with Crippen molar-refractivity contribution in [2.24, 2.45) is 0 Å². The van der Waals surface area contributed by atoms with Crippen molar-refractivity contribution in [3.8, 4) is 0 Å². The molecule has 0 bridgehead atoms. The van der Waals surface area contributed by atoms with Crippen LogP contribution in [0.3, 0.4) is 0 Å². The minimum Gasteiger partial charge on any atom is -0.326 e.